The van der Waals surface area contributed by atoms with E-state index in [1.54, 1.807) is 6.92 Å². The number of aromatic nitrogens is 2. The zero-order valence-electron chi connectivity index (χ0n) is 10.6. The summed E-state index contributed by atoms with van der Waals surface area (Å²) in [5.74, 6) is 0.260. The van der Waals surface area contributed by atoms with Crippen molar-refractivity contribution >= 4 is 22.6 Å². The molecule has 0 aliphatic rings. The largest absolute Gasteiger partial charge is 0.467 e. The summed E-state index contributed by atoms with van der Waals surface area (Å²) in [6, 6.07) is 7.34. The topological polar surface area (TPSA) is 64.1 Å². The standard InChI is InChI=1S/C13H15N3O2/c1-8-10-6-4-5-7-11(10)12(16-15-8)14-9(2)13(17)18-3/h4-7,9H,1-3H3,(H,14,16). The van der Waals surface area contributed by atoms with Crippen LogP contribution in [0.25, 0.3) is 10.8 Å². The summed E-state index contributed by atoms with van der Waals surface area (Å²) in [7, 11) is 1.36. The molecule has 5 nitrogen and oxygen atoms in total. The average molecular weight is 245 g/mol. The molecule has 0 aliphatic heterocycles. The first-order chi connectivity index (χ1) is 8.63. The van der Waals surface area contributed by atoms with E-state index in [-0.39, 0.29) is 5.97 Å². The Bertz CT molecular complexity index is 583. The molecule has 1 heterocycles. The van der Waals surface area contributed by atoms with Gasteiger partial charge in [0.25, 0.3) is 0 Å². The smallest absolute Gasteiger partial charge is 0.328 e. The van der Waals surface area contributed by atoms with E-state index in [4.69, 9.17) is 0 Å². The van der Waals surface area contributed by atoms with Crippen LogP contribution in [0, 0.1) is 6.92 Å². The predicted octanol–water partition coefficient (Wildman–Crippen LogP) is 1.91. The molecule has 18 heavy (non-hydrogen) atoms. The highest BCUT2D eigenvalue weighted by atomic mass is 16.5. The number of rotatable bonds is 3. The van der Waals surface area contributed by atoms with Gasteiger partial charge in [-0.3, -0.25) is 0 Å². The average Bonchev–Trinajstić information content (AvgIpc) is 2.41. The van der Waals surface area contributed by atoms with Crippen molar-refractivity contribution in [3.8, 4) is 0 Å². The Morgan fingerprint density at radius 3 is 2.61 bits per heavy atom. The molecule has 0 saturated carbocycles. The van der Waals surface area contributed by atoms with Gasteiger partial charge in [-0.2, -0.15) is 5.10 Å². The van der Waals surface area contributed by atoms with Gasteiger partial charge in [-0.15, -0.1) is 5.10 Å². The van der Waals surface area contributed by atoms with Gasteiger partial charge in [-0.05, 0) is 13.8 Å². The Labute approximate surface area is 105 Å². The third-order valence-electron chi connectivity index (χ3n) is 2.78. The summed E-state index contributed by atoms with van der Waals surface area (Å²) in [6.45, 7) is 3.63. The lowest BCUT2D eigenvalue weighted by molar-refractivity contribution is -0.141. The summed E-state index contributed by atoms with van der Waals surface area (Å²) in [6.07, 6.45) is 0. The number of nitrogens with zero attached hydrogens (tertiary/aromatic N) is 2. The molecule has 94 valence electrons. The summed E-state index contributed by atoms with van der Waals surface area (Å²) < 4.78 is 4.67. The molecule has 0 bridgehead atoms. The molecular weight excluding hydrogens is 230 g/mol. The van der Waals surface area contributed by atoms with Crippen molar-refractivity contribution in [1.29, 1.82) is 0 Å². The quantitative estimate of drug-likeness (QED) is 0.837. The summed E-state index contributed by atoms with van der Waals surface area (Å²) in [4.78, 5) is 11.4. The van der Waals surface area contributed by atoms with Crippen molar-refractivity contribution in [2.45, 2.75) is 19.9 Å². The molecule has 1 atom stereocenters. The Morgan fingerprint density at radius 2 is 1.94 bits per heavy atom. The van der Waals surface area contributed by atoms with E-state index in [2.05, 4.69) is 20.3 Å². The Morgan fingerprint density at radius 1 is 1.28 bits per heavy atom. The second-order valence-electron chi connectivity index (χ2n) is 4.07. The first kappa shape index (κ1) is 12.3. The SMILES string of the molecule is COC(=O)C(C)Nc1nnc(C)c2ccccc12. The molecule has 2 aromatic rings. The zero-order chi connectivity index (χ0) is 13.1. The number of fused-ring (bicyclic) bond motifs is 1. The van der Waals surface area contributed by atoms with Gasteiger partial charge in [0.05, 0.1) is 12.8 Å². The van der Waals surface area contributed by atoms with Gasteiger partial charge in [0.1, 0.15) is 6.04 Å². The lowest BCUT2D eigenvalue weighted by Crippen LogP contribution is -2.27. The van der Waals surface area contributed by atoms with Crippen LogP contribution in [0.5, 0.6) is 0 Å². The fraction of sp³-hybridized carbons (Fsp3) is 0.308. The Balaban J connectivity index is 2.40. The van der Waals surface area contributed by atoms with Crippen LogP contribution in [0.15, 0.2) is 24.3 Å². The lowest BCUT2D eigenvalue weighted by atomic mass is 10.1. The molecule has 1 aromatic carbocycles. The number of esters is 1. The van der Waals surface area contributed by atoms with E-state index >= 15 is 0 Å². The van der Waals surface area contributed by atoms with E-state index in [0.29, 0.717) is 5.82 Å². The van der Waals surface area contributed by atoms with Gasteiger partial charge < -0.3 is 10.1 Å². The number of aryl methyl sites for hydroxylation is 1. The fourth-order valence-corrected chi connectivity index (χ4v) is 1.79. The number of hydrogen-bond acceptors (Lipinski definition) is 5. The molecule has 2 rings (SSSR count). The van der Waals surface area contributed by atoms with Gasteiger partial charge >= 0.3 is 5.97 Å². The second-order valence-corrected chi connectivity index (χ2v) is 4.07. The minimum absolute atomic E-state index is 0.332. The van der Waals surface area contributed by atoms with Crippen LogP contribution in [0.1, 0.15) is 12.6 Å². The maximum atomic E-state index is 11.4. The molecule has 0 amide bonds. The van der Waals surface area contributed by atoms with Gasteiger partial charge in [0, 0.05) is 10.8 Å². The molecule has 0 fully saturated rings. The van der Waals surface area contributed by atoms with Crippen molar-refractivity contribution in [3.63, 3.8) is 0 Å². The zero-order valence-corrected chi connectivity index (χ0v) is 10.6. The van der Waals surface area contributed by atoms with Gasteiger partial charge in [0.15, 0.2) is 5.82 Å². The predicted molar refractivity (Wildman–Crippen MR) is 69.4 cm³/mol. The monoisotopic (exact) mass is 245 g/mol. The van der Waals surface area contributed by atoms with Gasteiger partial charge in [0.2, 0.25) is 0 Å². The molecule has 0 radical (unpaired) electrons. The van der Waals surface area contributed by atoms with Crippen LogP contribution in [-0.4, -0.2) is 29.3 Å². The summed E-state index contributed by atoms with van der Waals surface area (Å²) in [5.41, 5.74) is 0.863. The summed E-state index contributed by atoms with van der Waals surface area (Å²) >= 11 is 0. The Kier molecular flexibility index (Phi) is 3.41. The van der Waals surface area contributed by atoms with Crippen LogP contribution in [0.2, 0.25) is 0 Å². The number of carbonyl (C=O) groups excluding carboxylic acids is 1. The molecule has 0 spiro atoms. The van der Waals surface area contributed by atoms with E-state index in [9.17, 15) is 4.79 Å². The number of anilines is 1. The second kappa shape index (κ2) is 5.00. The molecule has 0 aliphatic carbocycles. The highest BCUT2D eigenvalue weighted by Crippen LogP contribution is 2.22. The first-order valence-corrected chi connectivity index (χ1v) is 5.70. The summed E-state index contributed by atoms with van der Waals surface area (Å²) in [5, 5.41) is 13.2. The van der Waals surface area contributed by atoms with E-state index in [1.807, 2.05) is 31.2 Å². The van der Waals surface area contributed by atoms with Crippen molar-refractivity contribution in [2.24, 2.45) is 0 Å². The van der Waals surface area contributed by atoms with Crippen LogP contribution in [0.4, 0.5) is 5.82 Å². The van der Waals surface area contributed by atoms with Crippen LogP contribution >= 0.6 is 0 Å². The van der Waals surface area contributed by atoms with Gasteiger partial charge in [-0.25, -0.2) is 4.79 Å². The van der Waals surface area contributed by atoms with Crippen molar-refractivity contribution in [2.75, 3.05) is 12.4 Å². The third kappa shape index (κ3) is 2.25. The highest BCUT2D eigenvalue weighted by molar-refractivity contribution is 5.94. The fourth-order valence-electron chi connectivity index (χ4n) is 1.79. The maximum Gasteiger partial charge on any atom is 0.328 e. The van der Waals surface area contributed by atoms with E-state index in [1.165, 1.54) is 7.11 Å². The molecule has 5 heteroatoms. The van der Waals surface area contributed by atoms with Crippen molar-refractivity contribution in [3.05, 3.63) is 30.0 Å². The van der Waals surface area contributed by atoms with E-state index < -0.39 is 6.04 Å². The number of nitrogens with one attached hydrogen (secondary N) is 1. The Hall–Kier alpha value is -2.17. The van der Waals surface area contributed by atoms with Crippen molar-refractivity contribution < 1.29 is 9.53 Å². The minimum Gasteiger partial charge on any atom is -0.467 e. The number of methoxy groups -OCH3 is 1. The molecular formula is C13H15N3O2. The highest BCUT2D eigenvalue weighted by Gasteiger charge is 2.15. The third-order valence-corrected chi connectivity index (χ3v) is 2.78. The molecule has 1 aromatic heterocycles. The normalized spacial score (nSPS) is 12.2. The first-order valence-electron chi connectivity index (χ1n) is 5.70. The lowest BCUT2D eigenvalue weighted by Gasteiger charge is -2.13. The van der Waals surface area contributed by atoms with Crippen LogP contribution in [0.3, 0.4) is 0 Å². The number of carbonyl (C=O) groups is 1. The minimum atomic E-state index is -0.463. The van der Waals surface area contributed by atoms with Crippen LogP contribution in [-0.2, 0) is 9.53 Å². The number of benzene rings is 1. The van der Waals surface area contributed by atoms with Gasteiger partial charge in [-0.1, -0.05) is 24.3 Å². The van der Waals surface area contributed by atoms with E-state index in [0.717, 1.165) is 16.5 Å². The maximum absolute atomic E-state index is 11.4. The van der Waals surface area contributed by atoms with Crippen molar-refractivity contribution in [1.82, 2.24) is 10.2 Å². The molecule has 1 N–H and O–H groups in total. The number of hydrogen-bond donors (Lipinski definition) is 1. The number of ether oxygens (including phenoxy) is 1. The van der Waals surface area contributed by atoms with Crippen LogP contribution < -0.4 is 5.32 Å². The molecule has 0 saturated heterocycles. The molecule has 1 unspecified atom stereocenters.